The largest absolute Gasteiger partial charge is 0.486 e. The van der Waals surface area contributed by atoms with Crippen LogP contribution in [-0.4, -0.2) is 38.6 Å². The Kier molecular flexibility index (Phi) is 6.42. The van der Waals surface area contributed by atoms with Crippen LogP contribution in [0.1, 0.15) is 11.1 Å². The van der Waals surface area contributed by atoms with E-state index in [1.807, 2.05) is 48.5 Å². The second-order valence-corrected chi connectivity index (χ2v) is 7.84. The fourth-order valence-corrected chi connectivity index (χ4v) is 3.64. The SMILES string of the molecule is c1ccc2c(c1)OCC(COCc1ccc(COCC3COc4ccccc4O3)cc1)O2. The zero-order chi connectivity index (χ0) is 21.6. The monoisotopic (exact) mass is 434 g/mol. The summed E-state index contributed by atoms with van der Waals surface area (Å²) in [5, 5.41) is 0. The first kappa shape index (κ1) is 20.7. The molecule has 3 aromatic carbocycles. The molecule has 0 N–H and O–H groups in total. The number of benzene rings is 3. The first-order valence-electron chi connectivity index (χ1n) is 10.8. The number of hydrogen-bond donors (Lipinski definition) is 0. The van der Waals surface area contributed by atoms with Crippen LogP contribution < -0.4 is 18.9 Å². The van der Waals surface area contributed by atoms with Crippen LogP contribution in [0.5, 0.6) is 23.0 Å². The maximum absolute atomic E-state index is 5.92. The predicted octanol–water partition coefficient (Wildman–Crippen LogP) is 4.40. The second-order valence-electron chi connectivity index (χ2n) is 7.84. The van der Waals surface area contributed by atoms with Gasteiger partial charge in [-0.25, -0.2) is 0 Å². The number of ether oxygens (including phenoxy) is 6. The third-order valence-corrected chi connectivity index (χ3v) is 5.30. The van der Waals surface area contributed by atoms with Crippen molar-refractivity contribution in [2.24, 2.45) is 0 Å². The molecule has 0 radical (unpaired) electrons. The molecule has 0 amide bonds. The van der Waals surface area contributed by atoms with Crippen molar-refractivity contribution in [1.82, 2.24) is 0 Å². The first-order valence-corrected chi connectivity index (χ1v) is 10.8. The normalized spacial score (nSPS) is 18.9. The molecule has 3 aromatic rings. The molecule has 0 bridgehead atoms. The number of rotatable bonds is 8. The van der Waals surface area contributed by atoms with Gasteiger partial charge in [0.05, 0.1) is 26.4 Å². The minimum absolute atomic E-state index is 0.101. The standard InChI is InChI=1S/C26H26O6/c1-3-7-25-23(5-1)29-17-21(31-25)15-27-13-19-9-11-20(12-10-19)14-28-16-22-18-30-24-6-2-4-8-26(24)32-22/h1-12,21-22H,13-18H2. The lowest BCUT2D eigenvalue weighted by molar-refractivity contribution is 0.00206. The summed E-state index contributed by atoms with van der Waals surface area (Å²) in [5.41, 5.74) is 2.21. The van der Waals surface area contributed by atoms with Crippen LogP contribution in [-0.2, 0) is 22.7 Å². The molecule has 0 aliphatic carbocycles. The van der Waals surface area contributed by atoms with E-state index in [2.05, 4.69) is 24.3 Å². The summed E-state index contributed by atoms with van der Waals surface area (Å²) in [6, 6.07) is 23.6. The molecular weight excluding hydrogens is 408 g/mol. The number of fused-ring (bicyclic) bond motifs is 2. The maximum atomic E-state index is 5.92. The molecule has 0 spiro atoms. The highest BCUT2D eigenvalue weighted by atomic mass is 16.6. The lowest BCUT2D eigenvalue weighted by Gasteiger charge is -2.26. The van der Waals surface area contributed by atoms with Crippen molar-refractivity contribution in [1.29, 1.82) is 0 Å². The van der Waals surface area contributed by atoms with Crippen molar-refractivity contribution in [3.63, 3.8) is 0 Å². The van der Waals surface area contributed by atoms with Crippen LogP contribution >= 0.6 is 0 Å². The van der Waals surface area contributed by atoms with E-state index >= 15 is 0 Å². The molecule has 2 aliphatic rings. The molecule has 6 heteroatoms. The fourth-order valence-electron chi connectivity index (χ4n) is 3.64. The van der Waals surface area contributed by atoms with Gasteiger partial charge in [-0.3, -0.25) is 0 Å². The van der Waals surface area contributed by atoms with E-state index in [9.17, 15) is 0 Å². The summed E-state index contributed by atoms with van der Waals surface area (Å²) < 4.78 is 34.9. The lowest BCUT2D eigenvalue weighted by atomic mass is 10.1. The van der Waals surface area contributed by atoms with Crippen LogP contribution in [0.15, 0.2) is 72.8 Å². The van der Waals surface area contributed by atoms with Crippen LogP contribution in [0.4, 0.5) is 0 Å². The summed E-state index contributed by atoms with van der Waals surface area (Å²) >= 11 is 0. The highest BCUT2D eigenvalue weighted by molar-refractivity contribution is 5.41. The van der Waals surface area contributed by atoms with Crippen molar-refractivity contribution in [2.75, 3.05) is 26.4 Å². The Bertz CT molecular complexity index is 936. The Labute approximate surface area is 187 Å². The third kappa shape index (κ3) is 5.15. The van der Waals surface area contributed by atoms with E-state index < -0.39 is 0 Å². The van der Waals surface area contributed by atoms with Crippen molar-refractivity contribution in [2.45, 2.75) is 25.4 Å². The second kappa shape index (κ2) is 9.94. The topological polar surface area (TPSA) is 55.4 Å². The van der Waals surface area contributed by atoms with Gasteiger partial charge < -0.3 is 28.4 Å². The molecule has 166 valence electrons. The number of para-hydroxylation sites is 4. The van der Waals surface area contributed by atoms with Gasteiger partial charge in [0.15, 0.2) is 35.2 Å². The highest BCUT2D eigenvalue weighted by Crippen LogP contribution is 2.31. The summed E-state index contributed by atoms with van der Waals surface area (Å²) in [6.07, 6.45) is -0.203. The zero-order valence-electron chi connectivity index (χ0n) is 17.8. The molecule has 6 nitrogen and oxygen atoms in total. The first-order chi connectivity index (χ1) is 15.8. The van der Waals surface area contributed by atoms with Gasteiger partial charge in [0.25, 0.3) is 0 Å². The van der Waals surface area contributed by atoms with Gasteiger partial charge in [-0.05, 0) is 35.4 Å². The van der Waals surface area contributed by atoms with E-state index in [-0.39, 0.29) is 12.2 Å². The lowest BCUT2D eigenvalue weighted by Crippen LogP contribution is -2.33. The summed E-state index contributed by atoms with van der Waals surface area (Å²) in [5.74, 6) is 3.11. The molecule has 32 heavy (non-hydrogen) atoms. The average Bonchev–Trinajstić information content (AvgIpc) is 2.85. The van der Waals surface area contributed by atoms with Crippen LogP contribution in [0.25, 0.3) is 0 Å². The molecule has 2 atom stereocenters. The van der Waals surface area contributed by atoms with Crippen molar-refractivity contribution in [3.05, 3.63) is 83.9 Å². The van der Waals surface area contributed by atoms with E-state index in [1.165, 1.54) is 0 Å². The quantitative estimate of drug-likeness (QED) is 0.524. The molecule has 2 heterocycles. The van der Waals surface area contributed by atoms with Gasteiger partial charge >= 0.3 is 0 Å². The van der Waals surface area contributed by atoms with Gasteiger partial charge in [0, 0.05) is 0 Å². The third-order valence-electron chi connectivity index (χ3n) is 5.30. The molecule has 5 rings (SSSR count). The van der Waals surface area contributed by atoms with Crippen molar-refractivity contribution < 1.29 is 28.4 Å². The molecule has 0 aromatic heterocycles. The molecule has 0 saturated carbocycles. The van der Waals surface area contributed by atoms with Gasteiger partial charge in [0.2, 0.25) is 0 Å². The minimum Gasteiger partial charge on any atom is -0.486 e. The average molecular weight is 434 g/mol. The summed E-state index contributed by atoms with van der Waals surface area (Å²) in [4.78, 5) is 0. The Morgan fingerprint density at radius 1 is 0.562 bits per heavy atom. The van der Waals surface area contributed by atoms with Crippen LogP contribution in [0.2, 0.25) is 0 Å². The van der Waals surface area contributed by atoms with E-state index in [0.29, 0.717) is 39.6 Å². The maximum Gasteiger partial charge on any atom is 0.161 e. The van der Waals surface area contributed by atoms with Gasteiger partial charge in [-0.1, -0.05) is 48.5 Å². The highest BCUT2D eigenvalue weighted by Gasteiger charge is 2.21. The van der Waals surface area contributed by atoms with Gasteiger partial charge in [-0.2, -0.15) is 0 Å². The Morgan fingerprint density at radius 3 is 1.41 bits per heavy atom. The van der Waals surface area contributed by atoms with Crippen LogP contribution in [0.3, 0.4) is 0 Å². The molecule has 2 aliphatic heterocycles. The Hall–Kier alpha value is -3.22. The van der Waals surface area contributed by atoms with Gasteiger partial charge in [0.1, 0.15) is 13.2 Å². The van der Waals surface area contributed by atoms with Crippen LogP contribution in [0, 0.1) is 0 Å². The zero-order valence-corrected chi connectivity index (χ0v) is 17.8. The smallest absolute Gasteiger partial charge is 0.161 e. The van der Waals surface area contributed by atoms with Crippen molar-refractivity contribution >= 4 is 0 Å². The number of hydrogen-bond acceptors (Lipinski definition) is 6. The van der Waals surface area contributed by atoms with E-state index in [1.54, 1.807) is 0 Å². The predicted molar refractivity (Wildman–Crippen MR) is 118 cm³/mol. The van der Waals surface area contributed by atoms with E-state index in [0.717, 1.165) is 34.1 Å². The van der Waals surface area contributed by atoms with Gasteiger partial charge in [-0.15, -0.1) is 0 Å². The Morgan fingerprint density at radius 2 is 0.969 bits per heavy atom. The van der Waals surface area contributed by atoms with Crippen molar-refractivity contribution in [3.8, 4) is 23.0 Å². The molecular formula is C26H26O6. The Balaban J connectivity index is 1.01. The van der Waals surface area contributed by atoms with E-state index in [4.69, 9.17) is 28.4 Å². The molecule has 0 saturated heterocycles. The summed E-state index contributed by atoms with van der Waals surface area (Å²) in [7, 11) is 0. The molecule has 2 unspecified atom stereocenters. The molecule has 0 fully saturated rings. The fraction of sp³-hybridized carbons (Fsp3) is 0.308. The minimum atomic E-state index is -0.101. The summed E-state index contributed by atoms with van der Waals surface area (Å²) in [6.45, 7) is 2.99.